The molecule has 1 aromatic carbocycles. The molecule has 0 bridgehead atoms. The molecule has 0 aliphatic rings. The van der Waals surface area contributed by atoms with Crippen LogP contribution in [0.15, 0.2) is 24.3 Å². The van der Waals surface area contributed by atoms with Gasteiger partial charge in [-0.05, 0) is 49.8 Å². The monoisotopic (exact) mass is 254 g/mol. The molecule has 0 aromatic heterocycles. The Labute approximate surface area is 107 Å². The van der Waals surface area contributed by atoms with E-state index in [1.807, 2.05) is 6.07 Å². The minimum absolute atomic E-state index is 0.0690. The number of hydrogen-bond acceptors (Lipinski definition) is 1. The molecule has 17 heavy (non-hydrogen) atoms. The third-order valence-electron chi connectivity index (χ3n) is 3.71. The lowest BCUT2D eigenvalue weighted by Crippen LogP contribution is -2.30. The Morgan fingerprint density at radius 2 is 2.00 bits per heavy atom. The molecule has 0 radical (unpaired) electrons. The third-order valence-corrected chi connectivity index (χ3v) is 4.57. The number of rotatable bonds is 7. The fourth-order valence-electron chi connectivity index (χ4n) is 2.30. The quantitative estimate of drug-likeness (QED) is 0.680. The molecular formula is C14H23FOSi. The average Bonchev–Trinajstić information content (AvgIpc) is 2.35. The molecule has 0 amide bonds. The van der Waals surface area contributed by atoms with Crippen LogP contribution in [0, 0.1) is 5.82 Å². The van der Waals surface area contributed by atoms with Crippen LogP contribution >= 0.6 is 0 Å². The first kappa shape index (κ1) is 14.4. The van der Waals surface area contributed by atoms with Gasteiger partial charge in [0.05, 0.1) is 5.60 Å². The highest BCUT2D eigenvalue weighted by Gasteiger charge is 2.23. The van der Waals surface area contributed by atoms with Crippen LogP contribution in [0.1, 0.15) is 45.1 Å². The summed E-state index contributed by atoms with van der Waals surface area (Å²) in [5.41, 5.74) is 1.15. The predicted octanol–water partition coefficient (Wildman–Crippen LogP) is 3.00. The largest absolute Gasteiger partial charge is 0.422 e. The van der Waals surface area contributed by atoms with Crippen molar-refractivity contribution >= 4 is 10.5 Å². The minimum atomic E-state index is -0.140. The summed E-state index contributed by atoms with van der Waals surface area (Å²) in [6, 6.07) is 6.89. The van der Waals surface area contributed by atoms with Crippen LogP contribution in [0.5, 0.6) is 0 Å². The molecule has 0 unspecified atom stereocenters. The van der Waals surface area contributed by atoms with Gasteiger partial charge in [-0.25, -0.2) is 4.39 Å². The Hall–Kier alpha value is -0.673. The lowest BCUT2D eigenvalue weighted by atomic mass is 9.90. The molecule has 0 fully saturated rings. The maximum absolute atomic E-state index is 13.0. The van der Waals surface area contributed by atoms with Crippen molar-refractivity contribution in [3.63, 3.8) is 0 Å². The summed E-state index contributed by atoms with van der Waals surface area (Å²) in [5, 5.41) is 0. The summed E-state index contributed by atoms with van der Waals surface area (Å²) >= 11 is 0. The number of hydrogen-bond donors (Lipinski definition) is 0. The van der Waals surface area contributed by atoms with Gasteiger partial charge in [0.25, 0.3) is 0 Å². The molecule has 0 saturated carbocycles. The second kappa shape index (κ2) is 6.92. The Bertz CT molecular complexity index is 328. The first-order chi connectivity index (χ1) is 8.15. The van der Waals surface area contributed by atoms with E-state index in [0.717, 1.165) is 48.2 Å². The Morgan fingerprint density at radius 3 is 2.53 bits per heavy atom. The molecule has 0 aliphatic carbocycles. The molecule has 0 spiro atoms. The second-order valence-corrected chi connectivity index (χ2v) is 4.99. The van der Waals surface area contributed by atoms with Gasteiger partial charge in [0.15, 0.2) is 0 Å². The van der Waals surface area contributed by atoms with Gasteiger partial charge in [0.2, 0.25) is 0 Å². The summed E-state index contributed by atoms with van der Waals surface area (Å²) in [6.45, 7) is 4.37. The Balaban J connectivity index is 2.46. The van der Waals surface area contributed by atoms with Gasteiger partial charge in [0.1, 0.15) is 16.3 Å². The van der Waals surface area contributed by atoms with Gasteiger partial charge >= 0.3 is 0 Å². The number of benzene rings is 1. The molecule has 0 saturated heterocycles. The lowest BCUT2D eigenvalue weighted by Gasteiger charge is -2.31. The van der Waals surface area contributed by atoms with Crippen molar-refractivity contribution in [2.75, 3.05) is 0 Å². The van der Waals surface area contributed by atoms with Crippen LogP contribution in [0.3, 0.4) is 0 Å². The van der Waals surface area contributed by atoms with E-state index >= 15 is 0 Å². The lowest BCUT2D eigenvalue weighted by molar-refractivity contribution is 0.0592. The van der Waals surface area contributed by atoms with Crippen molar-refractivity contribution in [1.82, 2.24) is 0 Å². The van der Waals surface area contributed by atoms with Crippen molar-refractivity contribution in [3.8, 4) is 0 Å². The summed E-state index contributed by atoms with van der Waals surface area (Å²) < 4.78 is 18.8. The Morgan fingerprint density at radius 1 is 1.29 bits per heavy atom. The molecule has 1 rings (SSSR count). The fourth-order valence-corrected chi connectivity index (χ4v) is 3.08. The van der Waals surface area contributed by atoms with Crippen LogP contribution < -0.4 is 0 Å². The molecule has 1 nitrogen and oxygen atoms in total. The van der Waals surface area contributed by atoms with Gasteiger partial charge in [0, 0.05) is 0 Å². The van der Waals surface area contributed by atoms with E-state index in [9.17, 15) is 4.39 Å². The topological polar surface area (TPSA) is 9.23 Å². The maximum Gasteiger partial charge on any atom is 0.146 e. The zero-order valence-electron chi connectivity index (χ0n) is 11.1. The highest BCUT2D eigenvalue weighted by Crippen LogP contribution is 2.26. The van der Waals surface area contributed by atoms with Crippen molar-refractivity contribution in [3.05, 3.63) is 35.6 Å². The molecule has 96 valence electrons. The summed E-state index contributed by atoms with van der Waals surface area (Å²) in [7, 11) is 0.791. The van der Waals surface area contributed by atoms with Crippen molar-refractivity contribution in [1.29, 1.82) is 0 Å². The van der Waals surface area contributed by atoms with E-state index in [2.05, 4.69) is 13.8 Å². The summed E-state index contributed by atoms with van der Waals surface area (Å²) in [5.74, 6) is -0.140. The van der Waals surface area contributed by atoms with E-state index in [0.29, 0.717) is 0 Å². The first-order valence-electron chi connectivity index (χ1n) is 6.45. The van der Waals surface area contributed by atoms with Crippen LogP contribution in [0.4, 0.5) is 4.39 Å². The molecule has 0 aliphatic heterocycles. The van der Waals surface area contributed by atoms with Crippen molar-refractivity contribution in [2.45, 2.75) is 51.6 Å². The normalized spacial score (nSPS) is 11.9. The highest BCUT2D eigenvalue weighted by molar-refractivity contribution is 5.98. The molecule has 3 heteroatoms. The van der Waals surface area contributed by atoms with Gasteiger partial charge in [-0.1, -0.05) is 26.0 Å². The van der Waals surface area contributed by atoms with E-state index in [1.54, 1.807) is 12.1 Å². The fraction of sp³-hybridized carbons (Fsp3) is 0.571. The van der Waals surface area contributed by atoms with Gasteiger partial charge in [-0.3, -0.25) is 0 Å². The predicted molar refractivity (Wildman–Crippen MR) is 73.7 cm³/mol. The van der Waals surface area contributed by atoms with E-state index in [1.165, 1.54) is 6.07 Å². The molecule has 0 atom stereocenters. The third kappa shape index (κ3) is 4.24. The maximum atomic E-state index is 13.0. The van der Waals surface area contributed by atoms with Gasteiger partial charge < -0.3 is 4.43 Å². The van der Waals surface area contributed by atoms with E-state index in [-0.39, 0.29) is 11.4 Å². The van der Waals surface area contributed by atoms with E-state index in [4.69, 9.17) is 4.43 Å². The molecule has 0 heterocycles. The van der Waals surface area contributed by atoms with Crippen molar-refractivity contribution < 1.29 is 8.82 Å². The zero-order chi connectivity index (χ0) is 12.7. The van der Waals surface area contributed by atoms with Crippen LogP contribution in [0.2, 0.25) is 0 Å². The SMILES string of the molecule is CCC(CC)(CCCc1cccc(F)c1)O[SiH3]. The summed E-state index contributed by atoms with van der Waals surface area (Å²) in [6.07, 6.45) is 5.20. The van der Waals surface area contributed by atoms with Crippen molar-refractivity contribution in [2.24, 2.45) is 0 Å². The van der Waals surface area contributed by atoms with Gasteiger partial charge in [-0.15, -0.1) is 0 Å². The number of halogens is 1. The van der Waals surface area contributed by atoms with E-state index < -0.39 is 0 Å². The smallest absolute Gasteiger partial charge is 0.146 e. The minimum Gasteiger partial charge on any atom is -0.422 e. The standard InChI is InChI=1S/C14H23FOSi/c1-3-14(4-2,16-17)10-6-8-12-7-5-9-13(15)11-12/h5,7,9,11H,3-4,6,8,10H2,1-2,17H3. The second-order valence-electron chi connectivity index (χ2n) is 4.58. The average molecular weight is 254 g/mol. The van der Waals surface area contributed by atoms with Crippen LogP contribution in [-0.4, -0.2) is 16.1 Å². The molecular weight excluding hydrogens is 231 g/mol. The molecule has 0 N–H and O–H groups in total. The zero-order valence-corrected chi connectivity index (χ0v) is 13.1. The van der Waals surface area contributed by atoms with Crippen LogP contribution in [0.25, 0.3) is 0 Å². The Kier molecular flexibility index (Phi) is 5.85. The number of aryl methyl sites for hydroxylation is 1. The van der Waals surface area contributed by atoms with Gasteiger partial charge in [-0.2, -0.15) is 0 Å². The highest BCUT2D eigenvalue weighted by atomic mass is 28.2. The molecule has 1 aromatic rings. The summed E-state index contributed by atoms with van der Waals surface area (Å²) in [4.78, 5) is 0. The van der Waals surface area contributed by atoms with Crippen LogP contribution in [-0.2, 0) is 10.8 Å². The first-order valence-corrected chi connectivity index (χ1v) is 7.27.